The van der Waals surface area contributed by atoms with E-state index in [0.717, 1.165) is 0 Å². The number of nitrogens with one attached hydrogen (secondary N) is 1. The van der Waals surface area contributed by atoms with Crippen LogP contribution in [0, 0.1) is 5.92 Å². The number of rotatable bonds is 5. The highest BCUT2D eigenvalue weighted by Crippen LogP contribution is 2.28. The minimum absolute atomic E-state index is 0.265. The van der Waals surface area contributed by atoms with E-state index in [4.69, 9.17) is 10.5 Å². The van der Waals surface area contributed by atoms with E-state index in [1.807, 2.05) is 13.8 Å². The first-order chi connectivity index (χ1) is 9.47. The zero-order valence-corrected chi connectivity index (χ0v) is 12.4. The van der Waals surface area contributed by atoms with Gasteiger partial charge in [-0.25, -0.2) is 14.9 Å². The molecule has 0 spiro atoms. The summed E-state index contributed by atoms with van der Waals surface area (Å²) in [6, 6.07) is 3.50. The van der Waals surface area contributed by atoms with Gasteiger partial charge in [-0.2, -0.15) is 0 Å². The Hall–Kier alpha value is -1.96. The van der Waals surface area contributed by atoms with E-state index in [0.29, 0.717) is 34.3 Å². The second-order valence-corrected chi connectivity index (χ2v) is 5.71. The first-order valence-corrected chi connectivity index (χ1v) is 6.97. The maximum atomic E-state index is 11.3. The van der Waals surface area contributed by atoms with Crippen LogP contribution < -0.4 is 16.2 Å². The fraction of sp³-hybridized carbons (Fsp3) is 0.417. The third-order valence-electron chi connectivity index (χ3n) is 2.45. The van der Waals surface area contributed by atoms with Crippen LogP contribution in [-0.4, -0.2) is 26.4 Å². The molecule has 2 aromatic rings. The minimum Gasteiger partial charge on any atom is -0.476 e. The molecule has 0 unspecified atom stereocenters. The average Bonchev–Trinajstić information content (AvgIpc) is 2.71. The van der Waals surface area contributed by atoms with E-state index in [2.05, 4.69) is 15.2 Å². The highest BCUT2D eigenvalue weighted by Gasteiger charge is 2.10. The molecular formula is C12H17N5O2S. The van der Waals surface area contributed by atoms with E-state index in [-0.39, 0.29) is 5.69 Å². The van der Waals surface area contributed by atoms with Crippen LogP contribution in [0.25, 0.3) is 0 Å². The molecule has 0 aliphatic heterocycles. The summed E-state index contributed by atoms with van der Waals surface area (Å²) in [6.45, 7) is 4.65. The number of pyridine rings is 1. The zero-order valence-electron chi connectivity index (χ0n) is 11.6. The highest BCUT2D eigenvalue weighted by molar-refractivity contribution is 7.99. The number of nitrogen functional groups attached to an aromatic ring is 1. The Kier molecular flexibility index (Phi) is 4.33. The first kappa shape index (κ1) is 14.4. The van der Waals surface area contributed by atoms with Gasteiger partial charge in [0.2, 0.25) is 5.88 Å². The van der Waals surface area contributed by atoms with Crippen LogP contribution in [0.15, 0.2) is 27.1 Å². The molecular weight excluding hydrogens is 278 g/mol. The Morgan fingerprint density at radius 3 is 2.85 bits per heavy atom. The maximum Gasteiger partial charge on any atom is 0.343 e. The third-order valence-corrected chi connectivity index (χ3v) is 3.44. The lowest BCUT2D eigenvalue weighted by Crippen LogP contribution is -2.12. The van der Waals surface area contributed by atoms with Gasteiger partial charge in [-0.3, -0.25) is 4.57 Å². The van der Waals surface area contributed by atoms with Gasteiger partial charge < -0.3 is 10.5 Å². The molecule has 0 saturated heterocycles. The van der Waals surface area contributed by atoms with Crippen LogP contribution in [0.4, 0.5) is 5.69 Å². The topological polar surface area (TPSA) is 98.8 Å². The summed E-state index contributed by atoms with van der Waals surface area (Å²) in [5.74, 6) is 0.795. The third kappa shape index (κ3) is 3.32. The van der Waals surface area contributed by atoms with Gasteiger partial charge in [0.15, 0.2) is 5.16 Å². The summed E-state index contributed by atoms with van der Waals surface area (Å²) in [5, 5.41) is 7.49. The van der Waals surface area contributed by atoms with E-state index < -0.39 is 0 Å². The number of nitrogens with two attached hydrogens (primary N) is 1. The van der Waals surface area contributed by atoms with Crippen LogP contribution in [-0.2, 0) is 7.05 Å². The fourth-order valence-electron chi connectivity index (χ4n) is 1.37. The molecule has 0 atom stereocenters. The van der Waals surface area contributed by atoms with Crippen molar-refractivity contribution in [2.45, 2.75) is 24.0 Å². The molecule has 108 valence electrons. The average molecular weight is 295 g/mol. The smallest absolute Gasteiger partial charge is 0.343 e. The summed E-state index contributed by atoms with van der Waals surface area (Å²) in [4.78, 5) is 15.6. The summed E-state index contributed by atoms with van der Waals surface area (Å²) < 4.78 is 6.98. The van der Waals surface area contributed by atoms with E-state index in [9.17, 15) is 4.79 Å². The molecule has 2 aromatic heterocycles. The molecule has 20 heavy (non-hydrogen) atoms. The Morgan fingerprint density at radius 1 is 1.50 bits per heavy atom. The van der Waals surface area contributed by atoms with Gasteiger partial charge in [-0.05, 0) is 29.8 Å². The second kappa shape index (κ2) is 6.00. The zero-order chi connectivity index (χ0) is 14.7. The minimum atomic E-state index is -0.265. The van der Waals surface area contributed by atoms with Crippen molar-refractivity contribution in [3.63, 3.8) is 0 Å². The lowest BCUT2D eigenvalue weighted by Gasteiger charge is -2.10. The lowest BCUT2D eigenvalue weighted by atomic mass is 10.2. The number of anilines is 1. The molecule has 0 saturated carbocycles. The standard InChI is InChI=1S/C12H17N5O2S/c1-7(2)6-19-10-8(13)4-5-9(14-10)20-12-16-15-11(18)17(12)3/h4-5,7H,6,13H2,1-3H3,(H,15,18). The number of hydrogen-bond acceptors (Lipinski definition) is 6. The van der Waals surface area contributed by atoms with Crippen molar-refractivity contribution in [1.82, 2.24) is 19.7 Å². The molecule has 0 aliphatic rings. The number of aromatic nitrogens is 4. The van der Waals surface area contributed by atoms with Crippen molar-refractivity contribution in [1.29, 1.82) is 0 Å². The molecule has 0 radical (unpaired) electrons. The number of nitrogens with zero attached hydrogens (tertiary/aromatic N) is 3. The molecule has 3 N–H and O–H groups in total. The van der Waals surface area contributed by atoms with Gasteiger partial charge in [0.05, 0.1) is 12.3 Å². The number of hydrogen-bond donors (Lipinski definition) is 2. The summed E-state index contributed by atoms with van der Waals surface area (Å²) in [7, 11) is 1.64. The predicted molar refractivity (Wildman–Crippen MR) is 76.9 cm³/mol. The molecule has 0 fully saturated rings. The van der Waals surface area contributed by atoms with Gasteiger partial charge in [0.1, 0.15) is 5.03 Å². The molecule has 2 rings (SSSR count). The predicted octanol–water partition coefficient (Wildman–Crippen LogP) is 1.27. The van der Waals surface area contributed by atoms with Crippen LogP contribution in [0.3, 0.4) is 0 Å². The number of H-pyrrole nitrogens is 1. The Morgan fingerprint density at radius 2 is 2.25 bits per heavy atom. The van der Waals surface area contributed by atoms with Gasteiger partial charge >= 0.3 is 5.69 Å². The van der Waals surface area contributed by atoms with Crippen LogP contribution >= 0.6 is 11.8 Å². The fourth-order valence-corrected chi connectivity index (χ4v) is 2.13. The highest BCUT2D eigenvalue weighted by atomic mass is 32.2. The molecule has 7 nitrogen and oxygen atoms in total. The summed E-state index contributed by atoms with van der Waals surface area (Å²) in [6.07, 6.45) is 0. The van der Waals surface area contributed by atoms with Crippen molar-refractivity contribution in [3.8, 4) is 5.88 Å². The molecule has 0 amide bonds. The van der Waals surface area contributed by atoms with Gasteiger partial charge in [0.25, 0.3) is 0 Å². The lowest BCUT2D eigenvalue weighted by molar-refractivity contribution is 0.261. The van der Waals surface area contributed by atoms with Crippen molar-refractivity contribution < 1.29 is 4.74 Å². The maximum absolute atomic E-state index is 11.3. The normalized spacial score (nSPS) is 11.0. The van der Waals surface area contributed by atoms with Crippen molar-refractivity contribution >= 4 is 17.4 Å². The Balaban J connectivity index is 2.18. The summed E-state index contributed by atoms with van der Waals surface area (Å²) >= 11 is 1.27. The van der Waals surface area contributed by atoms with Crippen molar-refractivity contribution in [2.24, 2.45) is 13.0 Å². The van der Waals surface area contributed by atoms with Crippen LogP contribution in [0.1, 0.15) is 13.8 Å². The number of aromatic amines is 1. The van der Waals surface area contributed by atoms with Gasteiger partial charge in [-0.15, -0.1) is 5.10 Å². The molecule has 0 aromatic carbocycles. The van der Waals surface area contributed by atoms with E-state index >= 15 is 0 Å². The van der Waals surface area contributed by atoms with Crippen molar-refractivity contribution in [3.05, 3.63) is 22.6 Å². The molecule has 0 bridgehead atoms. The quantitative estimate of drug-likeness (QED) is 0.862. The SMILES string of the molecule is CC(C)COc1nc(Sc2n[nH]c(=O)n2C)ccc1N. The number of ether oxygens (including phenoxy) is 1. The Labute approximate surface area is 120 Å². The monoisotopic (exact) mass is 295 g/mol. The van der Waals surface area contributed by atoms with Crippen LogP contribution in [0.5, 0.6) is 5.88 Å². The Bertz CT molecular complexity index is 650. The van der Waals surface area contributed by atoms with E-state index in [1.54, 1.807) is 19.2 Å². The van der Waals surface area contributed by atoms with Crippen LogP contribution in [0.2, 0.25) is 0 Å². The van der Waals surface area contributed by atoms with E-state index in [1.165, 1.54) is 16.3 Å². The van der Waals surface area contributed by atoms with Gasteiger partial charge in [0, 0.05) is 7.05 Å². The molecule has 2 heterocycles. The van der Waals surface area contributed by atoms with Crippen molar-refractivity contribution in [2.75, 3.05) is 12.3 Å². The summed E-state index contributed by atoms with van der Waals surface area (Å²) in [5.41, 5.74) is 6.06. The molecule has 8 heteroatoms. The first-order valence-electron chi connectivity index (χ1n) is 6.16. The molecule has 0 aliphatic carbocycles. The largest absolute Gasteiger partial charge is 0.476 e. The second-order valence-electron chi connectivity index (χ2n) is 4.72. The van der Waals surface area contributed by atoms with Gasteiger partial charge in [-0.1, -0.05) is 13.8 Å².